The molecule has 0 aliphatic rings. The van der Waals surface area contributed by atoms with Crippen molar-refractivity contribution in [2.75, 3.05) is 0 Å². The third kappa shape index (κ3) is 2.85. The van der Waals surface area contributed by atoms with Gasteiger partial charge in [-0.05, 0) is 17.8 Å². The number of aromatic nitrogens is 2. The molecule has 2 unspecified atom stereocenters. The third-order valence-electron chi connectivity index (χ3n) is 3.90. The van der Waals surface area contributed by atoms with Crippen molar-refractivity contribution in [3.8, 4) is 6.07 Å². The van der Waals surface area contributed by atoms with E-state index in [0.717, 1.165) is 6.42 Å². The minimum absolute atomic E-state index is 0.127. The molecule has 0 saturated heterocycles. The molecule has 3 nitrogen and oxygen atoms in total. The van der Waals surface area contributed by atoms with Crippen LogP contribution in [-0.2, 0) is 0 Å². The van der Waals surface area contributed by atoms with Crippen LogP contribution in [0.3, 0.4) is 0 Å². The van der Waals surface area contributed by atoms with Gasteiger partial charge in [0.15, 0.2) is 0 Å². The summed E-state index contributed by atoms with van der Waals surface area (Å²) in [5.41, 5.74) is 0.621. The smallest absolute Gasteiger partial charge is 0.145 e. The largest absolute Gasteiger partial charge is 0.278 e. The van der Waals surface area contributed by atoms with Gasteiger partial charge in [-0.25, -0.2) is 4.39 Å². The molecule has 0 fully saturated rings. The van der Waals surface area contributed by atoms with E-state index < -0.39 is 6.17 Å². The molecule has 0 amide bonds. The normalized spacial score (nSPS) is 18.1. The summed E-state index contributed by atoms with van der Waals surface area (Å²) in [6.07, 6.45) is 1.26. The molecule has 0 aromatic carbocycles. The Labute approximate surface area is 102 Å². The van der Waals surface area contributed by atoms with Crippen molar-refractivity contribution < 1.29 is 4.39 Å². The molecule has 1 heterocycles. The van der Waals surface area contributed by atoms with Crippen LogP contribution in [0.15, 0.2) is 6.20 Å². The second-order valence-corrected chi connectivity index (χ2v) is 4.81. The first-order chi connectivity index (χ1) is 8.02. The van der Waals surface area contributed by atoms with Crippen LogP contribution in [0.1, 0.15) is 51.5 Å². The molecule has 17 heavy (non-hydrogen) atoms. The molecule has 0 spiro atoms. The summed E-state index contributed by atoms with van der Waals surface area (Å²) in [5, 5.41) is 15.2. The SMILES string of the molecule is CCC(C)[C@@H](C)[C@@H](C)C(F)c1[nH]ncc1C#N. The van der Waals surface area contributed by atoms with Crippen molar-refractivity contribution in [2.45, 2.75) is 40.3 Å². The molecule has 1 aromatic heterocycles. The van der Waals surface area contributed by atoms with Gasteiger partial charge in [-0.1, -0.05) is 34.1 Å². The number of rotatable bonds is 5. The third-order valence-corrected chi connectivity index (χ3v) is 3.90. The maximum absolute atomic E-state index is 14.3. The van der Waals surface area contributed by atoms with Crippen LogP contribution < -0.4 is 0 Å². The zero-order chi connectivity index (χ0) is 13.0. The lowest BCUT2D eigenvalue weighted by Crippen LogP contribution is -2.21. The monoisotopic (exact) mass is 237 g/mol. The van der Waals surface area contributed by atoms with Crippen molar-refractivity contribution in [1.29, 1.82) is 5.26 Å². The van der Waals surface area contributed by atoms with Crippen LogP contribution in [-0.4, -0.2) is 10.2 Å². The molecule has 4 heteroatoms. The van der Waals surface area contributed by atoms with Gasteiger partial charge in [0, 0.05) is 0 Å². The first-order valence-corrected chi connectivity index (χ1v) is 6.10. The number of alkyl halides is 1. The van der Waals surface area contributed by atoms with Crippen molar-refractivity contribution in [2.24, 2.45) is 17.8 Å². The van der Waals surface area contributed by atoms with Gasteiger partial charge in [-0.2, -0.15) is 10.4 Å². The summed E-state index contributed by atoms with van der Waals surface area (Å²) in [7, 11) is 0. The standard InChI is InChI=1S/C13H20FN3/c1-5-8(2)9(3)10(4)12(14)13-11(6-15)7-16-17-13/h7-10,12H,5H2,1-4H3,(H,16,17)/t8?,9-,10-,12?/m1/s1. The van der Waals surface area contributed by atoms with E-state index in [-0.39, 0.29) is 11.8 Å². The minimum atomic E-state index is -1.16. The summed E-state index contributed by atoms with van der Waals surface area (Å²) in [4.78, 5) is 0. The van der Waals surface area contributed by atoms with Crippen LogP contribution >= 0.6 is 0 Å². The fraction of sp³-hybridized carbons (Fsp3) is 0.692. The predicted molar refractivity (Wildman–Crippen MR) is 64.9 cm³/mol. The van der Waals surface area contributed by atoms with Crippen LogP contribution in [0.25, 0.3) is 0 Å². The highest BCUT2D eigenvalue weighted by Gasteiger charge is 2.29. The Morgan fingerprint density at radius 3 is 2.59 bits per heavy atom. The van der Waals surface area contributed by atoms with E-state index in [1.54, 1.807) is 0 Å². The summed E-state index contributed by atoms with van der Waals surface area (Å²) in [6, 6.07) is 1.96. The molecule has 1 N–H and O–H groups in total. The number of hydrogen-bond acceptors (Lipinski definition) is 2. The van der Waals surface area contributed by atoms with Crippen LogP contribution in [0.2, 0.25) is 0 Å². The average molecular weight is 237 g/mol. The first kappa shape index (κ1) is 13.7. The number of halogens is 1. The van der Waals surface area contributed by atoms with E-state index in [4.69, 9.17) is 5.26 Å². The zero-order valence-corrected chi connectivity index (χ0v) is 10.9. The Morgan fingerprint density at radius 1 is 1.41 bits per heavy atom. The number of nitrogens with zero attached hydrogens (tertiary/aromatic N) is 2. The molecule has 1 rings (SSSR count). The number of aromatic amines is 1. The Kier molecular flexibility index (Phi) is 4.68. The molecule has 4 atom stereocenters. The van der Waals surface area contributed by atoms with Crippen LogP contribution in [0.5, 0.6) is 0 Å². The van der Waals surface area contributed by atoms with Gasteiger partial charge in [0.2, 0.25) is 0 Å². The maximum atomic E-state index is 14.3. The van der Waals surface area contributed by atoms with Crippen LogP contribution in [0, 0.1) is 29.1 Å². The zero-order valence-electron chi connectivity index (χ0n) is 10.9. The Hall–Kier alpha value is -1.37. The molecule has 94 valence electrons. The Morgan fingerprint density at radius 2 is 2.06 bits per heavy atom. The lowest BCUT2D eigenvalue weighted by atomic mass is 9.80. The summed E-state index contributed by atoms with van der Waals surface area (Å²) < 4.78 is 14.3. The molecule has 0 aliphatic heterocycles. The number of nitriles is 1. The molecule has 0 bridgehead atoms. The summed E-state index contributed by atoms with van der Waals surface area (Å²) >= 11 is 0. The van der Waals surface area contributed by atoms with Crippen LogP contribution in [0.4, 0.5) is 4.39 Å². The summed E-state index contributed by atoms with van der Waals surface area (Å²) in [6.45, 7) is 8.20. The highest BCUT2D eigenvalue weighted by atomic mass is 19.1. The molecule has 0 saturated carbocycles. The maximum Gasteiger partial charge on any atom is 0.145 e. The summed E-state index contributed by atoms with van der Waals surface area (Å²) in [5.74, 6) is 0.610. The van der Waals surface area contributed by atoms with E-state index >= 15 is 0 Å². The van der Waals surface area contributed by atoms with E-state index in [1.807, 2.05) is 13.0 Å². The second-order valence-electron chi connectivity index (χ2n) is 4.81. The highest BCUT2D eigenvalue weighted by Crippen LogP contribution is 2.35. The molecular weight excluding hydrogens is 217 g/mol. The van der Waals surface area contributed by atoms with Gasteiger partial charge in [0.1, 0.15) is 12.2 Å². The Balaban J connectivity index is 2.83. The predicted octanol–water partition coefficient (Wildman–Crippen LogP) is 3.61. The lowest BCUT2D eigenvalue weighted by molar-refractivity contribution is 0.148. The van der Waals surface area contributed by atoms with E-state index in [2.05, 4.69) is 31.0 Å². The van der Waals surface area contributed by atoms with E-state index in [9.17, 15) is 4.39 Å². The van der Waals surface area contributed by atoms with Crippen molar-refractivity contribution in [3.05, 3.63) is 17.5 Å². The van der Waals surface area contributed by atoms with E-state index in [1.165, 1.54) is 6.20 Å². The van der Waals surface area contributed by atoms with Gasteiger partial charge in [-0.3, -0.25) is 5.10 Å². The topological polar surface area (TPSA) is 52.5 Å². The second kappa shape index (κ2) is 5.81. The van der Waals surface area contributed by atoms with Gasteiger partial charge in [-0.15, -0.1) is 0 Å². The van der Waals surface area contributed by atoms with Crippen molar-refractivity contribution in [1.82, 2.24) is 10.2 Å². The van der Waals surface area contributed by atoms with E-state index in [0.29, 0.717) is 17.2 Å². The Bertz CT molecular complexity index is 394. The number of hydrogen-bond donors (Lipinski definition) is 1. The fourth-order valence-electron chi connectivity index (χ4n) is 2.01. The first-order valence-electron chi connectivity index (χ1n) is 6.10. The van der Waals surface area contributed by atoms with Gasteiger partial charge in [0.05, 0.1) is 17.5 Å². The number of nitrogens with one attached hydrogen (secondary N) is 1. The quantitative estimate of drug-likeness (QED) is 0.850. The van der Waals surface area contributed by atoms with Gasteiger partial charge >= 0.3 is 0 Å². The molecule has 1 aromatic rings. The number of H-pyrrole nitrogens is 1. The van der Waals surface area contributed by atoms with Crippen molar-refractivity contribution >= 4 is 0 Å². The van der Waals surface area contributed by atoms with Gasteiger partial charge in [0.25, 0.3) is 0 Å². The fourth-order valence-corrected chi connectivity index (χ4v) is 2.01. The molecular formula is C13H20FN3. The average Bonchev–Trinajstić information content (AvgIpc) is 2.83. The minimum Gasteiger partial charge on any atom is -0.278 e. The van der Waals surface area contributed by atoms with Gasteiger partial charge < -0.3 is 0 Å². The highest BCUT2D eigenvalue weighted by molar-refractivity contribution is 5.32. The molecule has 0 aliphatic carbocycles. The van der Waals surface area contributed by atoms with Crippen molar-refractivity contribution in [3.63, 3.8) is 0 Å². The lowest BCUT2D eigenvalue weighted by Gasteiger charge is -2.27. The molecule has 0 radical (unpaired) electrons.